The van der Waals surface area contributed by atoms with E-state index in [0.717, 1.165) is 34.5 Å². The van der Waals surface area contributed by atoms with Gasteiger partial charge in [0.15, 0.2) is 11.0 Å². The van der Waals surface area contributed by atoms with E-state index in [0.29, 0.717) is 11.0 Å². The molecular weight excluding hydrogens is 380 g/mol. The average Bonchev–Trinajstić information content (AvgIpc) is 3.26. The van der Waals surface area contributed by atoms with Crippen LogP contribution in [-0.4, -0.2) is 36.6 Å². The first-order valence-electron chi connectivity index (χ1n) is 8.80. The highest BCUT2D eigenvalue weighted by Crippen LogP contribution is 2.24. The number of carbonyl (C=O) groups excluding carboxylic acids is 1. The van der Waals surface area contributed by atoms with Crippen LogP contribution >= 0.6 is 23.1 Å². The zero-order valence-corrected chi connectivity index (χ0v) is 17.2. The van der Waals surface area contributed by atoms with Gasteiger partial charge >= 0.3 is 0 Å². The molecule has 9 heteroatoms. The van der Waals surface area contributed by atoms with E-state index in [2.05, 4.69) is 39.6 Å². The van der Waals surface area contributed by atoms with E-state index in [-0.39, 0.29) is 11.7 Å². The quantitative estimate of drug-likeness (QED) is 0.578. The minimum atomic E-state index is -0.126. The van der Waals surface area contributed by atoms with Crippen LogP contribution in [0.25, 0.3) is 11.4 Å². The SMILES string of the molecule is CCn1c(SCC(=O)Nc2nnc(CC(C)C)s2)nnc1-c1ccccc1. The van der Waals surface area contributed by atoms with E-state index in [9.17, 15) is 4.79 Å². The van der Waals surface area contributed by atoms with Gasteiger partial charge in [-0.2, -0.15) is 0 Å². The van der Waals surface area contributed by atoms with Crippen molar-refractivity contribution in [1.29, 1.82) is 0 Å². The van der Waals surface area contributed by atoms with E-state index in [1.54, 1.807) is 0 Å². The number of rotatable bonds is 8. The second-order valence-electron chi connectivity index (χ2n) is 6.35. The first-order chi connectivity index (χ1) is 13.1. The van der Waals surface area contributed by atoms with Crippen molar-refractivity contribution in [3.8, 4) is 11.4 Å². The highest BCUT2D eigenvalue weighted by molar-refractivity contribution is 7.99. The molecule has 2 aromatic heterocycles. The van der Waals surface area contributed by atoms with Crippen molar-refractivity contribution in [1.82, 2.24) is 25.0 Å². The van der Waals surface area contributed by atoms with Gasteiger partial charge in [0, 0.05) is 18.5 Å². The van der Waals surface area contributed by atoms with Gasteiger partial charge in [-0.25, -0.2) is 0 Å². The standard InChI is InChI=1S/C18H22N6OS2/c1-4-24-16(13-8-6-5-7-9-13)21-23-18(24)26-11-14(25)19-17-22-20-15(27-17)10-12(2)3/h5-9,12H,4,10-11H2,1-3H3,(H,19,22,25). The number of anilines is 1. The molecule has 1 amide bonds. The van der Waals surface area contributed by atoms with Crippen LogP contribution in [0.3, 0.4) is 0 Å². The number of benzene rings is 1. The third-order valence-corrected chi connectivity index (χ3v) is 5.52. The molecule has 3 aromatic rings. The molecule has 0 saturated carbocycles. The molecule has 3 rings (SSSR count). The monoisotopic (exact) mass is 402 g/mol. The zero-order valence-electron chi connectivity index (χ0n) is 15.5. The normalized spacial score (nSPS) is 11.1. The predicted molar refractivity (Wildman–Crippen MR) is 109 cm³/mol. The van der Waals surface area contributed by atoms with Crippen molar-refractivity contribution in [2.45, 2.75) is 38.9 Å². The Morgan fingerprint density at radius 2 is 1.96 bits per heavy atom. The van der Waals surface area contributed by atoms with E-state index in [1.807, 2.05) is 41.8 Å². The second kappa shape index (κ2) is 9.09. The van der Waals surface area contributed by atoms with Crippen molar-refractivity contribution >= 4 is 34.1 Å². The van der Waals surface area contributed by atoms with E-state index < -0.39 is 0 Å². The summed E-state index contributed by atoms with van der Waals surface area (Å²) in [5.41, 5.74) is 1.01. The van der Waals surface area contributed by atoms with Crippen LogP contribution in [0, 0.1) is 5.92 Å². The number of carbonyl (C=O) groups is 1. The third kappa shape index (κ3) is 5.14. The van der Waals surface area contributed by atoms with Crippen molar-refractivity contribution in [2.75, 3.05) is 11.1 Å². The van der Waals surface area contributed by atoms with E-state index in [4.69, 9.17) is 0 Å². The van der Waals surface area contributed by atoms with Crippen LogP contribution in [0.4, 0.5) is 5.13 Å². The molecule has 27 heavy (non-hydrogen) atoms. The summed E-state index contributed by atoms with van der Waals surface area (Å²) in [6.45, 7) is 7.03. The molecule has 0 saturated heterocycles. The number of aromatic nitrogens is 5. The Morgan fingerprint density at radius 3 is 2.67 bits per heavy atom. The molecule has 0 bridgehead atoms. The molecule has 1 aromatic carbocycles. The Kier molecular flexibility index (Phi) is 6.57. The van der Waals surface area contributed by atoms with Gasteiger partial charge in [0.05, 0.1) is 5.75 Å². The minimum absolute atomic E-state index is 0.126. The lowest BCUT2D eigenvalue weighted by atomic mass is 10.1. The van der Waals surface area contributed by atoms with Crippen molar-refractivity contribution < 1.29 is 4.79 Å². The number of hydrogen-bond acceptors (Lipinski definition) is 7. The van der Waals surface area contributed by atoms with Crippen LogP contribution in [0.2, 0.25) is 0 Å². The molecule has 0 fully saturated rings. The summed E-state index contributed by atoms with van der Waals surface area (Å²) in [6.07, 6.45) is 0.865. The highest BCUT2D eigenvalue weighted by Gasteiger charge is 2.15. The van der Waals surface area contributed by atoms with Crippen LogP contribution in [0.1, 0.15) is 25.8 Å². The van der Waals surface area contributed by atoms with Gasteiger partial charge in [0.1, 0.15) is 5.01 Å². The predicted octanol–water partition coefficient (Wildman–Crippen LogP) is 3.75. The fourth-order valence-corrected chi connectivity index (χ4v) is 4.27. The largest absolute Gasteiger partial charge is 0.302 e. The molecule has 7 nitrogen and oxygen atoms in total. The average molecular weight is 403 g/mol. The molecular formula is C18H22N6OS2. The highest BCUT2D eigenvalue weighted by atomic mass is 32.2. The van der Waals surface area contributed by atoms with Gasteiger partial charge in [-0.15, -0.1) is 20.4 Å². The van der Waals surface area contributed by atoms with Gasteiger partial charge in [-0.3, -0.25) is 10.1 Å². The van der Waals surface area contributed by atoms with Crippen molar-refractivity contribution in [3.63, 3.8) is 0 Å². The summed E-state index contributed by atoms with van der Waals surface area (Å²) in [5.74, 6) is 1.44. The summed E-state index contributed by atoms with van der Waals surface area (Å²) in [6, 6.07) is 9.92. The molecule has 0 unspecified atom stereocenters. The van der Waals surface area contributed by atoms with Gasteiger partial charge in [-0.05, 0) is 12.8 Å². The molecule has 1 N–H and O–H groups in total. The number of hydrogen-bond donors (Lipinski definition) is 1. The van der Waals surface area contributed by atoms with Crippen molar-refractivity contribution in [3.05, 3.63) is 35.3 Å². The minimum Gasteiger partial charge on any atom is -0.302 e. The summed E-state index contributed by atoms with van der Waals surface area (Å²) in [4.78, 5) is 12.2. The van der Waals surface area contributed by atoms with Crippen LogP contribution in [0.15, 0.2) is 35.5 Å². The smallest absolute Gasteiger partial charge is 0.236 e. The Labute approximate surface area is 166 Å². The lowest BCUT2D eigenvalue weighted by Gasteiger charge is -2.07. The van der Waals surface area contributed by atoms with Gasteiger partial charge in [0.25, 0.3) is 0 Å². The molecule has 0 aliphatic heterocycles. The molecule has 142 valence electrons. The number of nitrogens with zero attached hydrogens (tertiary/aromatic N) is 5. The molecule has 0 aliphatic carbocycles. The molecule has 0 radical (unpaired) electrons. The third-order valence-electron chi connectivity index (χ3n) is 3.69. The zero-order chi connectivity index (χ0) is 19.2. The second-order valence-corrected chi connectivity index (χ2v) is 8.36. The van der Waals surface area contributed by atoms with Gasteiger partial charge in [0.2, 0.25) is 11.0 Å². The number of thioether (sulfide) groups is 1. The first kappa shape index (κ1) is 19.5. The maximum atomic E-state index is 12.2. The van der Waals surface area contributed by atoms with E-state index in [1.165, 1.54) is 23.1 Å². The fraction of sp³-hybridized carbons (Fsp3) is 0.389. The Morgan fingerprint density at radius 1 is 1.19 bits per heavy atom. The molecule has 2 heterocycles. The molecule has 0 atom stereocenters. The van der Waals surface area contributed by atoms with Crippen molar-refractivity contribution in [2.24, 2.45) is 5.92 Å². The number of amides is 1. The summed E-state index contributed by atoms with van der Waals surface area (Å²) in [5, 5.41) is 21.7. The maximum absolute atomic E-state index is 12.2. The van der Waals surface area contributed by atoms with Gasteiger partial charge < -0.3 is 4.57 Å². The Hall–Kier alpha value is -2.26. The fourth-order valence-electron chi connectivity index (χ4n) is 2.50. The lowest BCUT2D eigenvalue weighted by molar-refractivity contribution is -0.113. The molecule has 0 spiro atoms. The lowest BCUT2D eigenvalue weighted by Crippen LogP contribution is -2.14. The Bertz CT molecular complexity index is 890. The molecule has 0 aliphatic rings. The Balaban J connectivity index is 1.60. The van der Waals surface area contributed by atoms with E-state index >= 15 is 0 Å². The van der Waals surface area contributed by atoms with Crippen LogP contribution < -0.4 is 5.32 Å². The van der Waals surface area contributed by atoms with Crippen LogP contribution in [0.5, 0.6) is 0 Å². The number of nitrogens with one attached hydrogen (secondary N) is 1. The summed E-state index contributed by atoms with van der Waals surface area (Å²) < 4.78 is 2.01. The van der Waals surface area contributed by atoms with Gasteiger partial charge in [-0.1, -0.05) is 67.3 Å². The summed E-state index contributed by atoms with van der Waals surface area (Å²) >= 11 is 2.79. The topological polar surface area (TPSA) is 85.6 Å². The van der Waals surface area contributed by atoms with Crippen LogP contribution in [-0.2, 0) is 17.8 Å². The maximum Gasteiger partial charge on any atom is 0.236 e. The summed E-state index contributed by atoms with van der Waals surface area (Å²) in [7, 11) is 0. The first-order valence-corrected chi connectivity index (χ1v) is 10.6.